The number of halogens is 4. The van der Waals surface area contributed by atoms with Gasteiger partial charge in [-0.3, -0.25) is 0 Å². The van der Waals surface area contributed by atoms with Gasteiger partial charge in [-0.25, -0.2) is 0 Å². The van der Waals surface area contributed by atoms with E-state index in [1.54, 1.807) is 54.7 Å². The second-order valence-electron chi connectivity index (χ2n) is 7.81. The van der Waals surface area contributed by atoms with Crippen molar-refractivity contribution in [2.45, 2.75) is 23.3 Å². The van der Waals surface area contributed by atoms with Crippen LogP contribution in [0.3, 0.4) is 0 Å². The molecular weight excluding hydrogens is 853 g/mol. The number of carbonyl (C=O) groups excluding carboxylic acids is 1. The summed E-state index contributed by atoms with van der Waals surface area (Å²) in [5, 5.41) is 21.1. The minimum absolute atomic E-state index is 0.0845. The second kappa shape index (κ2) is 13.5. The van der Waals surface area contributed by atoms with Crippen molar-refractivity contribution in [2.24, 2.45) is 15.2 Å². The molecule has 2 aromatic rings. The molecule has 37 heavy (non-hydrogen) atoms. The Balaban J connectivity index is 1.45. The predicted molar refractivity (Wildman–Crippen MR) is 165 cm³/mol. The van der Waals surface area contributed by atoms with Crippen LogP contribution in [0.5, 0.6) is 0 Å². The van der Waals surface area contributed by atoms with E-state index in [0.717, 1.165) is 10.8 Å². The summed E-state index contributed by atoms with van der Waals surface area (Å²) in [7, 11) is -3.80. The van der Waals surface area contributed by atoms with E-state index in [1.165, 1.54) is 3.51 Å². The Morgan fingerprint density at radius 2 is 1.97 bits per heavy atom. The molecule has 2 aliphatic rings. The molecular formula is C24H23ClI3N5O3P-. The molecule has 2 aromatic carbocycles. The number of alkyl halides is 2. The van der Waals surface area contributed by atoms with E-state index in [2.05, 4.69) is 20.3 Å². The van der Waals surface area contributed by atoms with Crippen molar-refractivity contribution in [1.29, 1.82) is 5.41 Å². The van der Waals surface area contributed by atoms with Crippen molar-refractivity contribution in [1.82, 2.24) is 5.09 Å². The van der Waals surface area contributed by atoms with Crippen LogP contribution in [-0.2, 0) is 4.57 Å². The van der Waals surface area contributed by atoms with Gasteiger partial charge in [0.15, 0.2) is 0 Å². The van der Waals surface area contributed by atoms with Crippen molar-refractivity contribution in [3.63, 3.8) is 0 Å². The van der Waals surface area contributed by atoms with Crippen LogP contribution in [0.2, 0.25) is 5.02 Å². The molecule has 196 valence electrons. The van der Waals surface area contributed by atoms with Gasteiger partial charge >= 0.3 is 236 Å². The molecule has 2 heterocycles. The summed E-state index contributed by atoms with van der Waals surface area (Å²) in [6.07, 6.45) is 4.24. The average Bonchev–Trinajstić information content (AvgIpc) is 2.88. The molecule has 8 nitrogen and oxygen atoms in total. The van der Waals surface area contributed by atoms with Crippen LogP contribution in [-0.4, -0.2) is 42.3 Å². The number of hydrogen-bond donors (Lipinski definition) is 3. The molecule has 3 unspecified atom stereocenters. The third kappa shape index (κ3) is 8.08. The Labute approximate surface area is 250 Å². The first kappa shape index (κ1) is 29.2. The molecule has 0 bridgehead atoms. The molecule has 3 atom stereocenters. The summed E-state index contributed by atoms with van der Waals surface area (Å²) < 4.78 is 17.8. The van der Waals surface area contributed by atoms with Gasteiger partial charge in [0.2, 0.25) is 0 Å². The zero-order valence-corrected chi connectivity index (χ0v) is 27.6. The van der Waals surface area contributed by atoms with E-state index in [4.69, 9.17) is 17.0 Å². The Bertz CT molecular complexity index is 1390. The van der Waals surface area contributed by atoms with E-state index in [9.17, 15) is 14.3 Å². The topological polar surface area (TPSA) is 127 Å². The number of rotatable bonds is 7. The third-order valence-corrected chi connectivity index (χ3v) is 15.5. The van der Waals surface area contributed by atoms with Crippen molar-refractivity contribution < 1.29 is 35.5 Å². The van der Waals surface area contributed by atoms with Crippen LogP contribution in [0.15, 0.2) is 73.9 Å². The summed E-state index contributed by atoms with van der Waals surface area (Å²) in [6.45, 7) is 2.04. The number of nitrogens with zero attached hydrogens (tertiary/aromatic N) is 3. The van der Waals surface area contributed by atoms with Gasteiger partial charge in [-0.2, -0.15) is 0 Å². The summed E-state index contributed by atoms with van der Waals surface area (Å²) in [6, 6.07) is 13.0. The van der Waals surface area contributed by atoms with Gasteiger partial charge in [0.1, 0.15) is 0 Å². The monoisotopic (exact) mass is 876 g/mol. The third-order valence-electron chi connectivity index (χ3n) is 5.19. The maximum atomic E-state index is 13.1. The fourth-order valence-corrected chi connectivity index (χ4v) is 14.3. The second-order valence-corrected chi connectivity index (χ2v) is 19.3. The van der Waals surface area contributed by atoms with Gasteiger partial charge < -0.3 is 0 Å². The fourth-order valence-electron chi connectivity index (χ4n) is 3.26. The van der Waals surface area contributed by atoms with E-state index in [-0.39, 0.29) is 35.7 Å². The number of Topliss-reactive ketones (excluding diaryl/α,β-unsaturated/α-hetero) is 1. The first-order chi connectivity index (χ1) is 17.7. The Kier molecular flexibility index (Phi) is 10.6. The molecule has 0 saturated heterocycles. The molecule has 0 saturated carbocycles. The molecule has 3 N–H and O–H groups in total. The fraction of sp³-hybridized carbons (Fsp3) is 0.208. The number of azo groups is 1. The van der Waals surface area contributed by atoms with Crippen LogP contribution in [0.4, 0.5) is 5.69 Å². The zero-order chi connectivity index (χ0) is 26.4. The Hall–Kier alpha value is -0.840. The number of aliphatic imine (C=N–C) groups is 1. The van der Waals surface area contributed by atoms with Crippen molar-refractivity contribution >= 4 is 94.6 Å². The summed E-state index contributed by atoms with van der Waals surface area (Å²) in [5.41, 5.74) is 1.18. The molecule has 2 aliphatic heterocycles. The van der Waals surface area contributed by atoms with Gasteiger partial charge in [0.05, 0.1) is 0 Å². The summed E-state index contributed by atoms with van der Waals surface area (Å²) in [4.78, 5) is 27.7. The van der Waals surface area contributed by atoms with Gasteiger partial charge in [0, 0.05) is 6.21 Å². The van der Waals surface area contributed by atoms with E-state index in [0.29, 0.717) is 23.7 Å². The van der Waals surface area contributed by atoms with E-state index >= 15 is 0 Å². The van der Waals surface area contributed by atoms with Crippen LogP contribution in [0.25, 0.3) is 0 Å². The number of hydrogen-bond acceptors (Lipinski definition) is 6. The summed E-state index contributed by atoms with van der Waals surface area (Å²) in [5.74, 6) is 0.0845. The van der Waals surface area contributed by atoms with E-state index < -0.39 is 55.5 Å². The standard InChI is InChI=1S/C24H23ClI3N5O3P/c1-15-21(23(29)28-20(11-13-26-15)22(34)16-3-5-17(25)6-4-16)32-31-18-7-9-19(10-8-18)37(35,36)33-24-27-12-2-14-30-24/h2-10,12,14,20-21,29H,11,13H2,1H3,(H2,30,33,35,36)/q-1. The van der Waals surface area contributed by atoms with Gasteiger partial charge in [-0.15, -0.1) is 0 Å². The quantitative estimate of drug-likeness (QED) is 0.130. The number of benzene rings is 2. The predicted octanol–water partition coefficient (Wildman–Crippen LogP) is 2.73. The van der Waals surface area contributed by atoms with Gasteiger partial charge in [-0.1, -0.05) is 0 Å². The van der Waals surface area contributed by atoms with Crippen LogP contribution < -0.4 is 31.6 Å². The molecule has 0 aromatic heterocycles. The number of nitrogens with one attached hydrogen (secondary N) is 2. The minimum atomic E-state index is -3.80. The van der Waals surface area contributed by atoms with Crippen molar-refractivity contribution in [3.05, 3.63) is 69.3 Å². The molecule has 13 heteroatoms. The molecule has 0 aliphatic carbocycles. The molecule has 0 spiro atoms. The Morgan fingerprint density at radius 3 is 2.65 bits per heavy atom. The van der Waals surface area contributed by atoms with Gasteiger partial charge in [-0.05, 0) is 10.2 Å². The van der Waals surface area contributed by atoms with Gasteiger partial charge in [0.25, 0.3) is 0 Å². The molecule has 0 amide bonds. The number of ketones is 1. The Morgan fingerprint density at radius 1 is 1.24 bits per heavy atom. The zero-order valence-electron chi connectivity index (χ0n) is 19.5. The molecule has 0 fully saturated rings. The maximum absolute atomic E-state index is 13.1. The van der Waals surface area contributed by atoms with E-state index in [1.807, 2.05) is 17.1 Å². The molecule has 0 radical (unpaired) electrons. The number of carbonyl (C=O) groups is 1. The normalized spacial score (nSPS) is 22.3. The van der Waals surface area contributed by atoms with Crippen molar-refractivity contribution in [2.75, 3.05) is 4.43 Å². The average molecular weight is 877 g/mol. The van der Waals surface area contributed by atoms with Crippen molar-refractivity contribution in [3.8, 4) is 0 Å². The summed E-state index contributed by atoms with van der Waals surface area (Å²) >= 11 is 4.23. The molecule has 4 rings (SSSR count). The first-order valence-electron chi connectivity index (χ1n) is 11.0. The van der Waals surface area contributed by atoms with Crippen LogP contribution in [0.1, 0.15) is 23.7 Å². The SMILES string of the molecule is CC1=ICCC(C(=O)c2ccc(Cl)cc2)[I-]C(=N)C1N=Nc1ccc(P(=O)(O)NC2=IC=CC=N2)cc1. The number of allylic oxidation sites excluding steroid dienone is 1. The first-order valence-corrected chi connectivity index (χ1v) is 20.3. The van der Waals surface area contributed by atoms with Crippen LogP contribution >= 0.6 is 60.6 Å². The van der Waals surface area contributed by atoms with Crippen LogP contribution in [0, 0.1) is 5.41 Å².